The number of nitrogens with zero attached hydrogens (tertiary/aromatic N) is 3. The molecule has 174 valence electrons. The van der Waals surface area contributed by atoms with Crippen molar-refractivity contribution in [3.8, 4) is 22.7 Å². The molecule has 0 saturated carbocycles. The average molecular weight is 473 g/mol. The van der Waals surface area contributed by atoms with Crippen LogP contribution in [0.5, 0.6) is 5.75 Å². The van der Waals surface area contributed by atoms with Crippen LogP contribution >= 0.6 is 11.3 Å². The van der Waals surface area contributed by atoms with Crippen LogP contribution in [0.4, 0.5) is 0 Å². The third-order valence-corrected chi connectivity index (χ3v) is 7.22. The molecule has 0 bridgehead atoms. The van der Waals surface area contributed by atoms with Gasteiger partial charge in [-0.15, -0.1) is 11.3 Å². The van der Waals surface area contributed by atoms with Gasteiger partial charge in [0.1, 0.15) is 11.4 Å². The largest absolute Gasteiger partial charge is 0.496 e. The number of benzene rings is 2. The van der Waals surface area contributed by atoms with E-state index in [9.17, 15) is 4.79 Å². The van der Waals surface area contributed by atoms with E-state index in [1.54, 1.807) is 23.1 Å². The second-order valence-electron chi connectivity index (χ2n) is 8.36. The summed E-state index contributed by atoms with van der Waals surface area (Å²) in [6.45, 7) is 2.69. The lowest BCUT2D eigenvalue weighted by Crippen LogP contribution is -2.36. The molecule has 1 aliphatic rings. The molecule has 4 aromatic rings. The SMILES string of the molecule is COc1ccccc1-c1nn(-c2ccccc2)cc1C(=O)NCC(c1cccs1)N1CCCC1. The summed E-state index contributed by atoms with van der Waals surface area (Å²) >= 11 is 1.75. The van der Waals surface area contributed by atoms with Gasteiger partial charge in [-0.05, 0) is 61.6 Å². The van der Waals surface area contributed by atoms with Crippen molar-refractivity contribution in [1.29, 1.82) is 0 Å². The summed E-state index contributed by atoms with van der Waals surface area (Å²) in [5.74, 6) is 0.548. The van der Waals surface area contributed by atoms with E-state index < -0.39 is 0 Å². The van der Waals surface area contributed by atoms with Crippen molar-refractivity contribution in [2.45, 2.75) is 18.9 Å². The molecule has 1 aliphatic heterocycles. The van der Waals surface area contributed by atoms with Gasteiger partial charge in [0.2, 0.25) is 0 Å². The number of rotatable bonds is 8. The first kappa shape index (κ1) is 22.4. The molecular formula is C27H28N4O2S. The fraction of sp³-hybridized carbons (Fsp3) is 0.259. The molecule has 0 spiro atoms. The third-order valence-electron chi connectivity index (χ3n) is 6.25. The van der Waals surface area contributed by atoms with E-state index >= 15 is 0 Å². The third kappa shape index (κ3) is 4.62. The highest BCUT2D eigenvalue weighted by Gasteiger charge is 2.26. The molecule has 7 heteroatoms. The second kappa shape index (κ2) is 10.2. The predicted molar refractivity (Wildman–Crippen MR) is 136 cm³/mol. The molecule has 1 saturated heterocycles. The zero-order chi connectivity index (χ0) is 23.3. The molecule has 2 aromatic heterocycles. The fourth-order valence-corrected chi connectivity index (χ4v) is 5.38. The normalized spacial score (nSPS) is 14.7. The van der Waals surface area contributed by atoms with E-state index in [0.717, 1.165) is 24.3 Å². The van der Waals surface area contributed by atoms with Crippen LogP contribution in [-0.4, -0.2) is 47.3 Å². The van der Waals surface area contributed by atoms with E-state index in [0.29, 0.717) is 23.6 Å². The number of likely N-dealkylation sites (tertiary alicyclic amines) is 1. The molecule has 5 rings (SSSR count). The van der Waals surface area contributed by atoms with Crippen molar-refractivity contribution in [1.82, 2.24) is 20.0 Å². The number of methoxy groups -OCH3 is 1. The van der Waals surface area contributed by atoms with Gasteiger partial charge in [0.15, 0.2) is 0 Å². The summed E-state index contributed by atoms with van der Waals surface area (Å²) in [5, 5.41) is 10.1. The molecule has 1 unspecified atom stereocenters. The maximum absolute atomic E-state index is 13.6. The predicted octanol–water partition coefficient (Wildman–Crippen LogP) is 5.18. The molecular weight excluding hydrogens is 444 g/mol. The molecule has 1 atom stereocenters. The molecule has 0 aliphatic carbocycles. The number of para-hydroxylation sites is 2. The minimum absolute atomic E-state index is 0.135. The standard InChI is InChI=1S/C27H28N4O2S/c1-33-24-13-6-5-12-21(24)26-22(19-31(29-26)20-10-3-2-4-11-20)27(32)28-18-23(25-14-9-17-34-25)30-15-7-8-16-30/h2-6,9-14,17,19,23H,7-8,15-16,18H2,1H3,(H,28,32). The summed E-state index contributed by atoms with van der Waals surface area (Å²) in [4.78, 5) is 17.3. The van der Waals surface area contributed by atoms with Gasteiger partial charge in [-0.25, -0.2) is 4.68 Å². The van der Waals surface area contributed by atoms with Crippen LogP contribution in [0.25, 0.3) is 16.9 Å². The van der Waals surface area contributed by atoms with E-state index in [1.807, 2.05) is 60.8 Å². The van der Waals surface area contributed by atoms with Crippen molar-refractivity contribution in [2.75, 3.05) is 26.7 Å². The topological polar surface area (TPSA) is 59.4 Å². The van der Waals surface area contributed by atoms with E-state index in [4.69, 9.17) is 9.84 Å². The number of carbonyl (C=O) groups excluding carboxylic acids is 1. The number of carbonyl (C=O) groups is 1. The Morgan fingerprint density at radius 3 is 2.56 bits per heavy atom. The van der Waals surface area contributed by atoms with Crippen molar-refractivity contribution >= 4 is 17.2 Å². The highest BCUT2D eigenvalue weighted by atomic mass is 32.1. The second-order valence-corrected chi connectivity index (χ2v) is 9.34. The number of nitrogens with one attached hydrogen (secondary N) is 1. The summed E-state index contributed by atoms with van der Waals surface area (Å²) in [7, 11) is 1.63. The number of hydrogen-bond acceptors (Lipinski definition) is 5. The smallest absolute Gasteiger partial charge is 0.255 e. The molecule has 2 aromatic carbocycles. The van der Waals surface area contributed by atoms with Gasteiger partial charge in [0.25, 0.3) is 5.91 Å². The Kier molecular flexibility index (Phi) is 6.74. The monoisotopic (exact) mass is 472 g/mol. The van der Waals surface area contributed by atoms with Crippen LogP contribution in [0.15, 0.2) is 78.3 Å². The van der Waals surface area contributed by atoms with Crippen LogP contribution in [0, 0.1) is 0 Å². The van der Waals surface area contributed by atoms with Gasteiger partial charge in [-0.3, -0.25) is 9.69 Å². The molecule has 0 radical (unpaired) electrons. The fourth-order valence-electron chi connectivity index (χ4n) is 4.52. The first-order valence-corrected chi connectivity index (χ1v) is 12.5. The number of amides is 1. The van der Waals surface area contributed by atoms with E-state index in [-0.39, 0.29) is 11.9 Å². The molecule has 1 amide bonds. The van der Waals surface area contributed by atoms with E-state index in [1.165, 1.54) is 17.7 Å². The van der Waals surface area contributed by atoms with Gasteiger partial charge in [0.05, 0.1) is 24.4 Å². The zero-order valence-electron chi connectivity index (χ0n) is 19.2. The van der Waals surface area contributed by atoms with Gasteiger partial charge in [-0.2, -0.15) is 5.10 Å². The Balaban J connectivity index is 1.46. The highest BCUT2D eigenvalue weighted by Crippen LogP contribution is 2.32. The van der Waals surface area contributed by atoms with Crippen molar-refractivity contribution in [3.05, 3.63) is 88.7 Å². The van der Waals surface area contributed by atoms with Crippen LogP contribution in [-0.2, 0) is 0 Å². The van der Waals surface area contributed by atoms with E-state index in [2.05, 4.69) is 27.7 Å². The lowest BCUT2D eigenvalue weighted by Gasteiger charge is -2.26. The average Bonchev–Trinajstić information content (AvgIpc) is 3.67. The summed E-state index contributed by atoms with van der Waals surface area (Å²) in [6, 6.07) is 21.9. The first-order chi connectivity index (χ1) is 16.7. The lowest BCUT2D eigenvalue weighted by molar-refractivity contribution is 0.0939. The molecule has 1 fully saturated rings. The minimum atomic E-state index is -0.135. The Morgan fingerprint density at radius 1 is 1.06 bits per heavy atom. The van der Waals surface area contributed by atoms with Crippen molar-refractivity contribution in [3.63, 3.8) is 0 Å². The Labute approximate surface area is 203 Å². The molecule has 3 heterocycles. The molecule has 34 heavy (non-hydrogen) atoms. The molecule has 1 N–H and O–H groups in total. The maximum atomic E-state index is 13.6. The van der Waals surface area contributed by atoms with Gasteiger partial charge < -0.3 is 10.1 Å². The number of aromatic nitrogens is 2. The maximum Gasteiger partial charge on any atom is 0.255 e. The van der Waals surface area contributed by atoms with Crippen LogP contribution in [0.1, 0.15) is 34.1 Å². The summed E-state index contributed by atoms with van der Waals surface area (Å²) in [5.41, 5.74) is 2.82. The summed E-state index contributed by atoms with van der Waals surface area (Å²) in [6.07, 6.45) is 4.22. The Hall–Kier alpha value is -3.42. The minimum Gasteiger partial charge on any atom is -0.496 e. The summed E-state index contributed by atoms with van der Waals surface area (Å²) < 4.78 is 7.34. The van der Waals surface area contributed by atoms with Gasteiger partial charge in [0, 0.05) is 23.2 Å². The Bertz CT molecular complexity index is 1230. The van der Waals surface area contributed by atoms with Crippen LogP contribution < -0.4 is 10.1 Å². The van der Waals surface area contributed by atoms with Crippen molar-refractivity contribution in [2.24, 2.45) is 0 Å². The quantitative estimate of drug-likeness (QED) is 0.384. The Morgan fingerprint density at radius 2 is 1.82 bits per heavy atom. The number of ether oxygens (including phenoxy) is 1. The number of thiophene rings is 1. The van der Waals surface area contributed by atoms with Crippen LogP contribution in [0.2, 0.25) is 0 Å². The first-order valence-electron chi connectivity index (χ1n) is 11.6. The van der Waals surface area contributed by atoms with Gasteiger partial charge in [-0.1, -0.05) is 36.4 Å². The zero-order valence-corrected chi connectivity index (χ0v) is 20.0. The van der Waals surface area contributed by atoms with Crippen LogP contribution in [0.3, 0.4) is 0 Å². The van der Waals surface area contributed by atoms with Gasteiger partial charge >= 0.3 is 0 Å². The van der Waals surface area contributed by atoms with Crippen molar-refractivity contribution < 1.29 is 9.53 Å². The lowest BCUT2D eigenvalue weighted by atomic mass is 10.1. The molecule has 6 nitrogen and oxygen atoms in total. The number of hydrogen-bond donors (Lipinski definition) is 1. The highest BCUT2D eigenvalue weighted by molar-refractivity contribution is 7.10.